The zero-order chi connectivity index (χ0) is 12.8. The van der Waals surface area contributed by atoms with Crippen LogP contribution in [0.2, 0.25) is 0 Å². The molecule has 0 saturated carbocycles. The van der Waals surface area contributed by atoms with Crippen LogP contribution in [0.4, 0.5) is 8.78 Å². The number of halogens is 2. The second-order valence-corrected chi connectivity index (χ2v) is 4.70. The molecule has 0 aliphatic rings. The number of hydrogen-bond donors (Lipinski definition) is 0. The van der Waals surface area contributed by atoms with Gasteiger partial charge in [-0.1, -0.05) is 39.2 Å². The second-order valence-electron chi connectivity index (χ2n) is 4.70. The first kappa shape index (κ1) is 14.1. The third-order valence-electron chi connectivity index (χ3n) is 3.33. The zero-order valence-corrected chi connectivity index (χ0v) is 11.0. The van der Waals surface area contributed by atoms with Crippen LogP contribution in [0, 0.1) is 18.6 Å². The minimum atomic E-state index is -0.447. The van der Waals surface area contributed by atoms with Crippen LogP contribution in [-0.4, -0.2) is 0 Å². The molecule has 1 aromatic rings. The van der Waals surface area contributed by atoms with Gasteiger partial charge in [-0.25, -0.2) is 8.78 Å². The van der Waals surface area contributed by atoms with Crippen LogP contribution >= 0.6 is 0 Å². The van der Waals surface area contributed by atoms with E-state index >= 15 is 0 Å². The Morgan fingerprint density at radius 1 is 1.06 bits per heavy atom. The average Bonchev–Trinajstić information content (AvgIpc) is 2.32. The summed E-state index contributed by atoms with van der Waals surface area (Å²) in [6.07, 6.45) is 5.21. The molecule has 1 atom stereocenters. The Labute approximate surface area is 103 Å². The first-order chi connectivity index (χ1) is 8.11. The van der Waals surface area contributed by atoms with Crippen molar-refractivity contribution in [3.8, 4) is 0 Å². The zero-order valence-electron chi connectivity index (χ0n) is 11.0. The molecule has 0 amide bonds. The molecule has 0 aromatic heterocycles. The van der Waals surface area contributed by atoms with E-state index in [0.717, 1.165) is 32.1 Å². The largest absolute Gasteiger partial charge is 0.207 e. The van der Waals surface area contributed by atoms with Crippen molar-refractivity contribution in [3.63, 3.8) is 0 Å². The smallest absolute Gasteiger partial charge is 0.132 e. The van der Waals surface area contributed by atoms with E-state index in [-0.39, 0.29) is 17.3 Å². The lowest BCUT2D eigenvalue weighted by Gasteiger charge is -2.18. The topological polar surface area (TPSA) is 0 Å². The third-order valence-corrected chi connectivity index (χ3v) is 3.33. The quantitative estimate of drug-likeness (QED) is 0.629. The molecule has 0 nitrogen and oxygen atoms in total. The molecule has 17 heavy (non-hydrogen) atoms. The van der Waals surface area contributed by atoms with Gasteiger partial charge in [-0.3, -0.25) is 0 Å². The van der Waals surface area contributed by atoms with Gasteiger partial charge in [0.25, 0.3) is 0 Å². The van der Waals surface area contributed by atoms with Gasteiger partial charge >= 0.3 is 0 Å². The van der Waals surface area contributed by atoms with Gasteiger partial charge in [0.15, 0.2) is 0 Å². The van der Waals surface area contributed by atoms with Crippen LogP contribution in [0.1, 0.15) is 63.0 Å². The molecule has 0 radical (unpaired) electrons. The molecular weight excluding hydrogens is 218 g/mol. The van der Waals surface area contributed by atoms with Gasteiger partial charge in [0, 0.05) is 5.56 Å². The molecule has 96 valence electrons. The maximum atomic E-state index is 14.0. The molecule has 1 aromatic carbocycles. The minimum absolute atomic E-state index is 0.153. The molecule has 2 heteroatoms. The molecule has 0 bridgehead atoms. The molecule has 0 spiro atoms. The standard InChI is InChI=1S/C15H22F2/c1-4-6-8-12(7-5-2)13-9-10-14(16)11(3)15(13)17/h9-10,12H,4-8H2,1-3H3. The van der Waals surface area contributed by atoms with Crippen molar-refractivity contribution in [1.29, 1.82) is 0 Å². The number of unbranched alkanes of at least 4 members (excludes halogenated alkanes) is 1. The van der Waals surface area contributed by atoms with Crippen molar-refractivity contribution in [2.24, 2.45) is 0 Å². The maximum Gasteiger partial charge on any atom is 0.132 e. The summed E-state index contributed by atoms with van der Waals surface area (Å²) in [6.45, 7) is 5.75. The lowest BCUT2D eigenvalue weighted by atomic mass is 9.88. The fourth-order valence-corrected chi connectivity index (χ4v) is 2.25. The van der Waals surface area contributed by atoms with Crippen LogP contribution in [-0.2, 0) is 0 Å². The van der Waals surface area contributed by atoms with Crippen molar-refractivity contribution in [2.75, 3.05) is 0 Å². The summed E-state index contributed by atoms with van der Waals surface area (Å²) in [5, 5.41) is 0. The Morgan fingerprint density at radius 2 is 1.76 bits per heavy atom. The fourth-order valence-electron chi connectivity index (χ4n) is 2.25. The highest BCUT2D eigenvalue weighted by Crippen LogP contribution is 2.30. The van der Waals surface area contributed by atoms with Gasteiger partial charge in [0.2, 0.25) is 0 Å². The van der Waals surface area contributed by atoms with Crippen LogP contribution in [0.15, 0.2) is 12.1 Å². The van der Waals surface area contributed by atoms with Gasteiger partial charge in [-0.2, -0.15) is 0 Å². The molecule has 0 aliphatic heterocycles. The molecule has 0 heterocycles. The van der Waals surface area contributed by atoms with Gasteiger partial charge in [-0.05, 0) is 37.3 Å². The lowest BCUT2D eigenvalue weighted by molar-refractivity contribution is 0.495. The van der Waals surface area contributed by atoms with Gasteiger partial charge in [-0.15, -0.1) is 0 Å². The molecule has 1 unspecified atom stereocenters. The molecule has 1 rings (SSSR count). The van der Waals surface area contributed by atoms with Gasteiger partial charge in [0.1, 0.15) is 11.6 Å². The molecule has 0 saturated heterocycles. The van der Waals surface area contributed by atoms with Crippen molar-refractivity contribution >= 4 is 0 Å². The van der Waals surface area contributed by atoms with Crippen LogP contribution in [0.3, 0.4) is 0 Å². The van der Waals surface area contributed by atoms with Crippen molar-refractivity contribution < 1.29 is 8.78 Å². The van der Waals surface area contributed by atoms with E-state index in [0.29, 0.717) is 5.56 Å². The van der Waals surface area contributed by atoms with E-state index in [2.05, 4.69) is 13.8 Å². The van der Waals surface area contributed by atoms with E-state index in [1.807, 2.05) is 0 Å². The fraction of sp³-hybridized carbons (Fsp3) is 0.600. The van der Waals surface area contributed by atoms with E-state index in [9.17, 15) is 8.78 Å². The van der Waals surface area contributed by atoms with Crippen LogP contribution in [0.5, 0.6) is 0 Å². The Kier molecular flexibility index (Phi) is 5.60. The first-order valence-electron chi connectivity index (χ1n) is 6.56. The summed E-state index contributed by atoms with van der Waals surface area (Å²) in [6, 6.07) is 3.01. The van der Waals surface area contributed by atoms with E-state index in [1.165, 1.54) is 13.0 Å². The van der Waals surface area contributed by atoms with Crippen molar-refractivity contribution in [3.05, 3.63) is 34.9 Å². The predicted octanol–water partition coefficient (Wildman–Crippen LogP) is 5.35. The number of hydrogen-bond acceptors (Lipinski definition) is 0. The maximum absolute atomic E-state index is 14.0. The summed E-state index contributed by atoms with van der Waals surface area (Å²) in [5.74, 6) is -0.559. The average molecular weight is 240 g/mol. The second kappa shape index (κ2) is 6.73. The SMILES string of the molecule is CCCCC(CCC)c1ccc(F)c(C)c1F. The monoisotopic (exact) mass is 240 g/mol. The summed E-state index contributed by atoms with van der Waals surface area (Å²) >= 11 is 0. The Balaban J connectivity index is 2.97. The molecule has 0 fully saturated rings. The number of benzene rings is 1. The van der Waals surface area contributed by atoms with E-state index in [4.69, 9.17) is 0 Å². The summed E-state index contributed by atoms with van der Waals surface area (Å²) in [7, 11) is 0. The van der Waals surface area contributed by atoms with Crippen molar-refractivity contribution in [2.45, 2.75) is 58.8 Å². The van der Waals surface area contributed by atoms with Crippen LogP contribution in [0.25, 0.3) is 0 Å². The summed E-state index contributed by atoms with van der Waals surface area (Å²) in [4.78, 5) is 0. The highest BCUT2D eigenvalue weighted by Gasteiger charge is 2.17. The van der Waals surface area contributed by atoms with Gasteiger partial charge < -0.3 is 0 Å². The number of rotatable bonds is 6. The lowest BCUT2D eigenvalue weighted by Crippen LogP contribution is -2.04. The Morgan fingerprint density at radius 3 is 2.35 bits per heavy atom. The van der Waals surface area contributed by atoms with E-state index < -0.39 is 5.82 Å². The molecule has 0 N–H and O–H groups in total. The molecule has 0 aliphatic carbocycles. The van der Waals surface area contributed by atoms with Crippen LogP contribution < -0.4 is 0 Å². The van der Waals surface area contributed by atoms with Crippen molar-refractivity contribution in [1.82, 2.24) is 0 Å². The Bertz CT molecular complexity index is 358. The summed E-state index contributed by atoms with van der Waals surface area (Å²) in [5.41, 5.74) is 0.847. The highest BCUT2D eigenvalue weighted by atomic mass is 19.1. The Hall–Kier alpha value is -0.920. The normalized spacial score (nSPS) is 12.8. The minimum Gasteiger partial charge on any atom is -0.207 e. The highest BCUT2D eigenvalue weighted by molar-refractivity contribution is 5.29. The third kappa shape index (κ3) is 3.52. The predicted molar refractivity (Wildman–Crippen MR) is 68.3 cm³/mol. The van der Waals surface area contributed by atoms with E-state index in [1.54, 1.807) is 6.07 Å². The first-order valence-corrected chi connectivity index (χ1v) is 6.56. The summed E-state index contributed by atoms with van der Waals surface area (Å²) < 4.78 is 27.2. The molecular formula is C15H22F2. The van der Waals surface area contributed by atoms with Gasteiger partial charge in [0.05, 0.1) is 0 Å².